The average molecular weight is 173 g/mol. The molecule has 0 aliphatic heterocycles. The van der Waals surface area contributed by atoms with E-state index in [1.54, 1.807) is 0 Å². The summed E-state index contributed by atoms with van der Waals surface area (Å²) in [6.45, 7) is 2.32. The van der Waals surface area contributed by atoms with Crippen molar-refractivity contribution >= 4 is 5.90 Å². The van der Waals surface area contributed by atoms with Crippen LogP contribution in [0.5, 0.6) is 0 Å². The number of hydrogen-bond donors (Lipinski definition) is 1. The van der Waals surface area contributed by atoms with Crippen LogP contribution in [0.15, 0.2) is 30.3 Å². The van der Waals surface area contributed by atoms with Crippen molar-refractivity contribution in [2.45, 2.75) is 6.92 Å². The lowest BCUT2D eigenvalue weighted by molar-refractivity contribution is 0.329. The maximum Gasteiger partial charge on any atom is 0.260 e. The molecule has 13 heavy (non-hydrogen) atoms. The summed E-state index contributed by atoms with van der Waals surface area (Å²) in [5.74, 6) is 5.46. The second-order valence-electron chi connectivity index (χ2n) is 2.38. The predicted octanol–water partition coefficient (Wildman–Crippen LogP) is 2.05. The first kappa shape index (κ1) is 9.34. The fraction of sp³-hybridized carbons (Fsp3) is 0.182. The lowest BCUT2D eigenvalue weighted by Crippen LogP contribution is -1.98. The van der Waals surface area contributed by atoms with E-state index >= 15 is 0 Å². The maximum atomic E-state index is 7.24. The van der Waals surface area contributed by atoms with Crippen LogP contribution in [0, 0.1) is 17.3 Å². The van der Waals surface area contributed by atoms with Crippen LogP contribution >= 0.6 is 0 Å². The quantitative estimate of drug-likeness (QED) is 0.393. The minimum absolute atomic E-state index is 0.0198. The van der Waals surface area contributed by atoms with Gasteiger partial charge in [0.25, 0.3) is 5.90 Å². The van der Waals surface area contributed by atoms with E-state index in [1.807, 2.05) is 37.3 Å². The topological polar surface area (TPSA) is 33.1 Å². The van der Waals surface area contributed by atoms with Crippen LogP contribution in [-0.4, -0.2) is 12.5 Å². The number of hydrogen-bond acceptors (Lipinski definition) is 2. The van der Waals surface area contributed by atoms with Crippen LogP contribution in [0.4, 0.5) is 0 Å². The van der Waals surface area contributed by atoms with Gasteiger partial charge in [-0.2, -0.15) is 0 Å². The molecule has 0 unspecified atom stereocenters. The SMILES string of the molecule is CCOC(=N)C#Cc1ccccc1. The Morgan fingerprint density at radius 3 is 2.69 bits per heavy atom. The van der Waals surface area contributed by atoms with Crippen LogP contribution in [0.3, 0.4) is 0 Å². The minimum Gasteiger partial charge on any atom is -0.472 e. The zero-order chi connectivity index (χ0) is 9.52. The van der Waals surface area contributed by atoms with Gasteiger partial charge in [0.2, 0.25) is 0 Å². The van der Waals surface area contributed by atoms with E-state index in [0.29, 0.717) is 6.61 Å². The van der Waals surface area contributed by atoms with Crippen LogP contribution < -0.4 is 0 Å². The second-order valence-corrected chi connectivity index (χ2v) is 2.38. The first-order valence-electron chi connectivity index (χ1n) is 4.11. The third-order valence-electron chi connectivity index (χ3n) is 1.38. The summed E-state index contributed by atoms with van der Waals surface area (Å²) in [6, 6.07) is 9.54. The number of benzene rings is 1. The molecule has 1 aromatic rings. The third-order valence-corrected chi connectivity index (χ3v) is 1.38. The van der Waals surface area contributed by atoms with E-state index in [2.05, 4.69) is 11.8 Å². The Kier molecular flexibility index (Phi) is 3.59. The first-order valence-corrected chi connectivity index (χ1v) is 4.11. The van der Waals surface area contributed by atoms with Crippen LogP contribution in [0.1, 0.15) is 12.5 Å². The summed E-state index contributed by atoms with van der Waals surface area (Å²) in [4.78, 5) is 0. The molecular formula is C11H11NO. The van der Waals surface area contributed by atoms with Crippen molar-refractivity contribution in [2.75, 3.05) is 6.61 Å². The molecule has 1 N–H and O–H groups in total. The molecule has 0 aliphatic rings. The average Bonchev–Trinajstić information content (AvgIpc) is 2.17. The lowest BCUT2D eigenvalue weighted by Gasteiger charge is -1.94. The number of rotatable bonds is 1. The van der Waals surface area contributed by atoms with Gasteiger partial charge in [0.05, 0.1) is 6.61 Å². The Hall–Kier alpha value is -1.75. The smallest absolute Gasteiger partial charge is 0.260 e. The van der Waals surface area contributed by atoms with Gasteiger partial charge in [-0.05, 0) is 25.0 Å². The normalized spacial score (nSPS) is 8.38. The van der Waals surface area contributed by atoms with Gasteiger partial charge in [-0.3, -0.25) is 5.41 Å². The van der Waals surface area contributed by atoms with E-state index in [1.165, 1.54) is 0 Å². The molecule has 66 valence electrons. The molecule has 0 heterocycles. The Labute approximate surface area is 78.1 Å². The molecule has 0 aromatic heterocycles. The number of nitrogens with one attached hydrogen (secondary N) is 1. The molecule has 1 aromatic carbocycles. The first-order chi connectivity index (χ1) is 6.33. The Morgan fingerprint density at radius 1 is 1.38 bits per heavy atom. The fourth-order valence-electron chi connectivity index (χ4n) is 0.831. The molecule has 0 aliphatic carbocycles. The third kappa shape index (κ3) is 3.44. The summed E-state index contributed by atoms with van der Waals surface area (Å²) >= 11 is 0. The predicted molar refractivity (Wildman–Crippen MR) is 52.7 cm³/mol. The molecule has 2 heteroatoms. The highest BCUT2D eigenvalue weighted by molar-refractivity contribution is 5.91. The lowest BCUT2D eigenvalue weighted by atomic mass is 10.2. The van der Waals surface area contributed by atoms with Gasteiger partial charge >= 0.3 is 0 Å². The van der Waals surface area contributed by atoms with E-state index < -0.39 is 0 Å². The van der Waals surface area contributed by atoms with Crippen LogP contribution in [-0.2, 0) is 4.74 Å². The Morgan fingerprint density at radius 2 is 2.08 bits per heavy atom. The van der Waals surface area contributed by atoms with Gasteiger partial charge in [0.15, 0.2) is 0 Å². The van der Waals surface area contributed by atoms with Crippen molar-refractivity contribution in [3.63, 3.8) is 0 Å². The summed E-state index contributed by atoms with van der Waals surface area (Å²) < 4.78 is 4.87. The maximum absolute atomic E-state index is 7.24. The Bertz CT molecular complexity index is 332. The molecule has 0 saturated carbocycles. The van der Waals surface area contributed by atoms with Crippen molar-refractivity contribution in [3.8, 4) is 11.8 Å². The molecule has 0 fully saturated rings. The highest BCUT2D eigenvalue weighted by Crippen LogP contribution is 1.94. The van der Waals surface area contributed by atoms with E-state index in [4.69, 9.17) is 10.1 Å². The fourth-order valence-corrected chi connectivity index (χ4v) is 0.831. The monoisotopic (exact) mass is 173 g/mol. The molecular weight excluding hydrogens is 162 g/mol. The van der Waals surface area contributed by atoms with E-state index in [-0.39, 0.29) is 5.90 Å². The molecule has 1 rings (SSSR count). The van der Waals surface area contributed by atoms with Crippen molar-refractivity contribution in [3.05, 3.63) is 35.9 Å². The molecule has 0 radical (unpaired) electrons. The highest BCUT2D eigenvalue weighted by atomic mass is 16.5. The van der Waals surface area contributed by atoms with Crippen molar-refractivity contribution < 1.29 is 4.74 Å². The van der Waals surface area contributed by atoms with Crippen LogP contribution in [0.2, 0.25) is 0 Å². The van der Waals surface area contributed by atoms with Crippen LogP contribution in [0.25, 0.3) is 0 Å². The molecule has 2 nitrogen and oxygen atoms in total. The Balaban J connectivity index is 2.62. The highest BCUT2D eigenvalue weighted by Gasteiger charge is 1.87. The standard InChI is InChI=1S/C11H11NO/c1-2-13-11(12)9-8-10-6-4-3-5-7-10/h3-7,12H,2H2,1H3. The van der Waals surface area contributed by atoms with Crippen molar-refractivity contribution in [2.24, 2.45) is 0 Å². The minimum atomic E-state index is 0.0198. The second kappa shape index (κ2) is 5.00. The van der Waals surface area contributed by atoms with Gasteiger partial charge < -0.3 is 4.74 Å². The number of ether oxygens (including phenoxy) is 1. The van der Waals surface area contributed by atoms with Crippen molar-refractivity contribution in [1.82, 2.24) is 0 Å². The largest absolute Gasteiger partial charge is 0.472 e. The molecule has 0 bridgehead atoms. The van der Waals surface area contributed by atoms with Gasteiger partial charge in [0, 0.05) is 5.56 Å². The van der Waals surface area contributed by atoms with E-state index in [9.17, 15) is 0 Å². The summed E-state index contributed by atoms with van der Waals surface area (Å²) in [5.41, 5.74) is 0.895. The summed E-state index contributed by atoms with van der Waals surface area (Å²) in [5, 5.41) is 7.24. The molecule has 0 amide bonds. The zero-order valence-electron chi connectivity index (χ0n) is 7.50. The van der Waals surface area contributed by atoms with Gasteiger partial charge in [-0.15, -0.1) is 0 Å². The summed E-state index contributed by atoms with van der Waals surface area (Å²) in [7, 11) is 0. The zero-order valence-corrected chi connectivity index (χ0v) is 7.50. The van der Waals surface area contributed by atoms with Gasteiger partial charge in [-0.1, -0.05) is 24.1 Å². The van der Waals surface area contributed by atoms with Gasteiger partial charge in [-0.25, -0.2) is 0 Å². The molecule has 0 atom stereocenters. The van der Waals surface area contributed by atoms with Gasteiger partial charge in [0.1, 0.15) is 0 Å². The molecule has 0 saturated heterocycles. The molecule has 0 spiro atoms. The van der Waals surface area contributed by atoms with E-state index in [0.717, 1.165) is 5.56 Å². The summed E-state index contributed by atoms with van der Waals surface area (Å²) in [6.07, 6.45) is 0. The van der Waals surface area contributed by atoms with Crippen molar-refractivity contribution in [1.29, 1.82) is 5.41 Å².